The van der Waals surface area contributed by atoms with Crippen molar-refractivity contribution in [3.63, 3.8) is 0 Å². The van der Waals surface area contributed by atoms with Gasteiger partial charge in [-0.1, -0.05) is 12.1 Å². The molecule has 0 saturated heterocycles. The molecular formula is C10H11NO4. The maximum atomic E-state index is 11.2. The van der Waals surface area contributed by atoms with Gasteiger partial charge in [0.25, 0.3) is 0 Å². The van der Waals surface area contributed by atoms with Crippen LogP contribution in [0.2, 0.25) is 0 Å². The van der Waals surface area contributed by atoms with E-state index in [1.54, 1.807) is 19.1 Å². The zero-order chi connectivity index (χ0) is 11.3. The first-order valence-electron chi connectivity index (χ1n) is 4.41. The zero-order valence-corrected chi connectivity index (χ0v) is 8.19. The molecule has 0 aliphatic rings. The van der Waals surface area contributed by atoms with Crippen LogP contribution in [0.4, 0.5) is 5.69 Å². The maximum absolute atomic E-state index is 11.2. The first kappa shape index (κ1) is 11.0. The summed E-state index contributed by atoms with van der Waals surface area (Å²) in [4.78, 5) is 22.1. The molecule has 1 aromatic rings. The summed E-state index contributed by atoms with van der Waals surface area (Å²) < 4.78 is 4.48. The summed E-state index contributed by atoms with van der Waals surface area (Å²) in [5, 5.41) is 11.5. The average Bonchev–Trinajstić information content (AvgIpc) is 2.21. The molecule has 0 bridgehead atoms. The standard InChI is InChI=1S/C10H11NO4/c1-2-15-10(14)9(13)11-7-5-3-4-6-8(7)12/h3-6,12H,2H2,1H3,(H,11,13). The lowest BCUT2D eigenvalue weighted by molar-refractivity contribution is -0.152. The molecule has 0 aliphatic heterocycles. The summed E-state index contributed by atoms with van der Waals surface area (Å²) in [6.45, 7) is 1.73. The van der Waals surface area contributed by atoms with Crippen LogP contribution in [0, 0.1) is 0 Å². The lowest BCUT2D eigenvalue weighted by Crippen LogP contribution is -2.24. The molecule has 2 N–H and O–H groups in total. The van der Waals surface area contributed by atoms with Crippen LogP contribution in [0.15, 0.2) is 24.3 Å². The van der Waals surface area contributed by atoms with E-state index in [4.69, 9.17) is 0 Å². The van der Waals surface area contributed by atoms with Crippen LogP contribution >= 0.6 is 0 Å². The van der Waals surface area contributed by atoms with Crippen LogP contribution in [0.5, 0.6) is 5.75 Å². The minimum atomic E-state index is -0.972. The van der Waals surface area contributed by atoms with Crippen molar-refractivity contribution in [2.24, 2.45) is 0 Å². The van der Waals surface area contributed by atoms with E-state index in [-0.39, 0.29) is 18.0 Å². The number of phenols is 1. The fourth-order valence-electron chi connectivity index (χ4n) is 0.949. The van der Waals surface area contributed by atoms with E-state index in [1.807, 2.05) is 0 Å². The molecular weight excluding hydrogens is 198 g/mol. The van der Waals surface area contributed by atoms with Crippen molar-refractivity contribution in [3.05, 3.63) is 24.3 Å². The Kier molecular flexibility index (Phi) is 3.68. The van der Waals surface area contributed by atoms with Crippen LogP contribution in [0.3, 0.4) is 0 Å². The monoisotopic (exact) mass is 209 g/mol. The number of amides is 1. The molecule has 0 fully saturated rings. The summed E-state index contributed by atoms with van der Waals surface area (Å²) in [6, 6.07) is 6.11. The molecule has 1 aromatic carbocycles. The topological polar surface area (TPSA) is 75.6 Å². The number of carbonyl (C=O) groups is 2. The fourth-order valence-corrected chi connectivity index (χ4v) is 0.949. The van der Waals surface area contributed by atoms with Gasteiger partial charge in [0.2, 0.25) is 0 Å². The molecule has 0 spiro atoms. The van der Waals surface area contributed by atoms with Crippen LogP contribution in [-0.4, -0.2) is 23.6 Å². The van der Waals surface area contributed by atoms with Crippen molar-refractivity contribution >= 4 is 17.6 Å². The largest absolute Gasteiger partial charge is 0.506 e. The zero-order valence-electron chi connectivity index (χ0n) is 8.19. The van der Waals surface area contributed by atoms with Crippen LogP contribution in [0.1, 0.15) is 6.92 Å². The smallest absolute Gasteiger partial charge is 0.397 e. The normalized spacial score (nSPS) is 9.40. The van der Waals surface area contributed by atoms with E-state index >= 15 is 0 Å². The molecule has 0 atom stereocenters. The van der Waals surface area contributed by atoms with Crippen LogP contribution in [-0.2, 0) is 14.3 Å². The second kappa shape index (κ2) is 4.99. The van der Waals surface area contributed by atoms with Gasteiger partial charge in [0.15, 0.2) is 0 Å². The predicted molar refractivity (Wildman–Crippen MR) is 53.4 cm³/mol. The van der Waals surface area contributed by atoms with Gasteiger partial charge in [0.1, 0.15) is 5.75 Å². The van der Waals surface area contributed by atoms with Gasteiger partial charge in [-0.25, -0.2) is 4.79 Å². The van der Waals surface area contributed by atoms with Gasteiger partial charge in [0.05, 0.1) is 12.3 Å². The highest BCUT2D eigenvalue weighted by atomic mass is 16.5. The molecule has 15 heavy (non-hydrogen) atoms. The molecule has 1 rings (SSSR count). The van der Waals surface area contributed by atoms with Crippen LogP contribution < -0.4 is 5.32 Å². The van der Waals surface area contributed by atoms with Gasteiger partial charge in [-0.3, -0.25) is 4.79 Å². The number of rotatable bonds is 2. The summed E-state index contributed by atoms with van der Waals surface area (Å²) in [6.07, 6.45) is 0. The fraction of sp³-hybridized carbons (Fsp3) is 0.200. The number of carbonyl (C=O) groups excluding carboxylic acids is 2. The maximum Gasteiger partial charge on any atom is 0.397 e. The SMILES string of the molecule is CCOC(=O)C(=O)Nc1ccccc1O. The lowest BCUT2D eigenvalue weighted by atomic mass is 10.3. The molecule has 1 amide bonds. The highest BCUT2D eigenvalue weighted by Gasteiger charge is 2.15. The molecule has 5 heteroatoms. The number of nitrogens with one attached hydrogen (secondary N) is 1. The third-order valence-electron chi connectivity index (χ3n) is 1.61. The van der Waals surface area contributed by atoms with Crippen molar-refractivity contribution in [2.45, 2.75) is 6.92 Å². The molecule has 0 unspecified atom stereocenters. The van der Waals surface area contributed by atoms with Crippen molar-refractivity contribution in [1.82, 2.24) is 0 Å². The Labute approximate surface area is 86.7 Å². The van der Waals surface area contributed by atoms with E-state index in [2.05, 4.69) is 10.1 Å². The summed E-state index contributed by atoms with van der Waals surface area (Å²) in [5.41, 5.74) is 0.176. The number of benzene rings is 1. The highest BCUT2D eigenvalue weighted by molar-refractivity contribution is 6.37. The molecule has 5 nitrogen and oxygen atoms in total. The number of hydrogen-bond acceptors (Lipinski definition) is 4. The lowest BCUT2D eigenvalue weighted by Gasteiger charge is -2.05. The molecule has 0 aromatic heterocycles. The molecule has 80 valence electrons. The Balaban J connectivity index is 2.67. The van der Waals surface area contributed by atoms with Gasteiger partial charge in [0, 0.05) is 0 Å². The Hall–Kier alpha value is -2.04. The Morgan fingerprint density at radius 3 is 2.67 bits per heavy atom. The summed E-state index contributed by atoms with van der Waals surface area (Å²) in [7, 11) is 0. The van der Waals surface area contributed by atoms with Crippen molar-refractivity contribution in [3.8, 4) is 5.75 Å². The van der Waals surface area contributed by atoms with E-state index in [0.717, 1.165) is 0 Å². The minimum Gasteiger partial charge on any atom is -0.506 e. The van der Waals surface area contributed by atoms with Gasteiger partial charge in [-0.2, -0.15) is 0 Å². The number of esters is 1. The number of hydrogen-bond donors (Lipinski definition) is 2. The average molecular weight is 209 g/mol. The second-order valence-electron chi connectivity index (χ2n) is 2.69. The first-order chi connectivity index (χ1) is 7.15. The van der Waals surface area contributed by atoms with E-state index in [9.17, 15) is 14.7 Å². The second-order valence-corrected chi connectivity index (χ2v) is 2.69. The quantitative estimate of drug-likeness (QED) is 0.431. The van der Waals surface area contributed by atoms with Crippen molar-refractivity contribution in [1.29, 1.82) is 0 Å². The van der Waals surface area contributed by atoms with E-state index in [0.29, 0.717) is 0 Å². The summed E-state index contributed by atoms with van der Waals surface area (Å²) >= 11 is 0. The minimum absolute atomic E-state index is 0.102. The van der Waals surface area contributed by atoms with Gasteiger partial charge in [-0.15, -0.1) is 0 Å². The first-order valence-corrected chi connectivity index (χ1v) is 4.41. The van der Waals surface area contributed by atoms with E-state index < -0.39 is 11.9 Å². The van der Waals surface area contributed by atoms with Gasteiger partial charge in [-0.05, 0) is 19.1 Å². The molecule has 0 heterocycles. The van der Waals surface area contributed by atoms with Gasteiger partial charge < -0.3 is 15.2 Å². The Morgan fingerprint density at radius 2 is 2.07 bits per heavy atom. The number of ether oxygens (including phenoxy) is 1. The summed E-state index contributed by atoms with van der Waals surface area (Å²) in [5.74, 6) is -1.98. The van der Waals surface area contributed by atoms with Crippen molar-refractivity contribution < 1.29 is 19.4 Å². The number of aromatic hydroxyl groups is 1. The molecule has 0 aliphatic carbocycles. The predicted octanol–water partition coefficient (Wildman–Crippen LogP) is 0.894. The third-order valence-corrected chi connectivity index (χ3v) is 1.61. The Morgan fingerprint density at radius 1 is 1.40 bits per heavy atom. The molecule has 0 radical (unpaired) electrons. The number of para-hydroxylation sites is 2. The van der Waals surface area contributed by atoms with Gasteiger partial charge >= 0.3 is 11.9 Å². The number of phenolic OH excluding ortho intramolecular Hbond substituents is 1. The van der Waals surface area contributed by atoms with E-state index in [1.165, 1.54) is 12.1 Å². The van der Waals surface area contributed by atoms with Crippen LogP contribution in [0.25, 0.3) is 0 Å². The highest BCUT2D eigenvalue weighted by Crippen LogP contribution is 2.21. The van der Waals surface area contributed by atoms with Crippen molar-refractivity contribution in [2.75, 3.05) is 11.9 Å². The number of anilines is 1. The molecule has 0 saturated carbocycles. The Bertz CT molecular complexity index is 375. The third kappa shape index (κ3) is 2.98.